The van der Waals surface area contributed by atoms with E-state index in [4.69, 9.17) is 11.6 Å². The zero-order chi connectivity index (χ0) is 16.8. The maximum atomic E-state index is 12.9. The molecule has 0 unspecified atom stereocenters. The van der Waals surface area contributed by atoms with Gasteiger partial charge in [0.05, 0.1) is 5.69 Å². The average molecular weight is 360 g/mol. The summed E-state index contributed by atoms with van der Waals surface area (Å²) in [5, 5.41) is 4.94. The molecular weight excluding hydrogens is 346 g/mol. The second-order valence-corrected chi connectivity index (χ2v) is 7.18. The van der Waals surface area contributed by atoms with Gasteiger partial charge in [-0.25, -0.2) is 9.50 Å². The molecule has 24 heavy (non-hydrogen) atoms. The largest absolute Gasteiger partial charge is 0.304 e. The van der Waals surface area contributed by atoms with Crippen LogP contribution in [0.4, 0.5) is 5.69 Å². The number of aromatic nitrogens is 4. The Labute approximate surface area is 147 Å². The van der Waals surface area contributed by atoms with Crippen LogP contribution in [0.3, 0.4) is 0 Å². The summed E-state index contributed by atoms with van der Waals surface area (Å²) in [5.41, 5.74) is 2.54. The summed E-state index contributed by atoms with van der Waals surface area (Å²) in [6.45, 7) is 4.40. The summed E-state index contributed by atoms with van der Waals surface area (Å²) in [5.74, 6) is 1.17. The van der Waals surface area contributed by atoms with Crippen LogP contribution < -0.4 is 4.90 Å². The van der Waals surface area contributed by atoms with Crippen molar-refractivity contribution in [3.8, 4) is 0 Å². The molecule has 4 rings (SSSR count). The molecule has 3 aromatic rings. The highest BCUT2D eigenvalue weighted by molar-refractivity contribution is 7.99. The van der Waals surface area contributed by atoms with E-state index in [0.29, 0.717) is 17.3 Å². The van der Waals surface area contributed by atoms with Crippen molar-refractivity contribution < 1.29 is 4.79 Å². The monoisotopic (exact) mass is 359 g/mol. The van der Waals surface area contributed by atoms with Gasteiger partial charge in [-0.05, 0) is 38.1 Å². The number of nitrogens with zero attached hydrogens (tertiary/aromatic N) is 5. The Morgan fingerprint density at radius 3 is 2.92 bits per heavy atom. The molecule has 0 bridgehead atoms. The average Bonchev–Trinajstić information content (AvgIpc) is 2.98. The Hall–Kier alpha value is -2.12. The minimum atomic E-state index is -0.235. The number of benzene rings is 1. The molecule has 0 atom stereocenters. The van der Waals surface area contributed by atoms with Gasteiger partial charge in [0.1, 0.15) is 0 Å². The molecule has 0 radical (unpaired) electrons. The van der Waals surface area contributed by atoms with Crippen molar-refractivity contribution in [3.05, 3.63) is 46.5 Å². The van der Waals surface area contributed by atoms with Gasteiger partial charge in [-0.3, -0.25) is 4.79 Å². The van der Waals surface area contributed by atoms with Crippen LogP contribution >= 0.6 is 23.4 Å². The third kappa shape index (κ3) is 2.53. The van der Waals surface area contributed by atoms with Crippen LogP contribution in [-0.2, 0) is 0 Å². The van der Waals surface area contributed by atoms with Gasteiger partial charge in [-0.15, -0.1) is 16.9 Å². The number of thioether (sulfide) groups is 1. The van der Waals surface area contributed by atoms with Gasteiger partial charge >= 0.3 is 0 Å². The van der Waals surface area contributed by atoms with Gasteiger partial charge in [-0.2, -0.15) is 4.98 Å². The van der Waals surface area contributed by atoms with E-state index < -0.39 is 0 Å². The zero-order valence-corrected chi connectivity index (χ0v) is 14.7. The first kappa shape index (κ1) is 15.4. The molecule has 0 saturated heterocycles. The van der Waals surface area contributed by atoms with E-state index in [1.54, 1.807) is 21.2 Å². The predicted molar refractivity (Wildman–Crippen MR) is 94.1 cm³/mol. The second-order valence-electron chi connectivity index (χ2n) is 5.60. The number of amides is 1. The number of carbonyl (C=O) groups excluding carboxylic acids is 1. The third-order valence-electron chi connectivity index (χ3n) is 3.84. The van der Waals surface area contributed by atoms with Gasteiger partial charge in [-0.1, -0.05) is 11.6 Å². The number of carbonyl (C=O) groups is 1. The third-order valence-corrected chi connectivity index (χ3v) is 5.12. The second kappa shape index (κ2) is 5.75. The lowest BCUT2D eigenvalue weighted by Crippen LogP contribution is -2.36. The van der Waals surface area contributed by atoms with E-state index in [9.17, 15) is 4.79 Å². The number of hydrogen-bond acceptors (Lipinski definition) is 5. The number of hydrogen-bond donors (Lipinski definition) is 0. The number of rotatable bonds is 1. The van der Waals surface area contributed by atoms with Crippen molar-refractivity contribution in [1.29, 1.82) is 0 Å². The lowest BCUT2D eigenvalue weighted by molar-refractivity contribution is 0.0978. The molecule has 0 N–H and O–H groups in total. The molecule has 1 aliphatic heterocycles. The standard InChI is InChI=1S/C16H14ClN5OS/c1-9-7-10(2)22-16(18-9)19-14(20-22)15(23)21-5-6-24-13-4-3-11(17)8-12(13)21/h3-4,7-8H,5-6H2,1-2H3. The Kier molecular flexibility index (Phi) is 3.69. The fourth-order valence-corrected chi connectivity index (χ4v) is 3.92. The molecule has 1 aliphatic rings. The van der Waals surface area contributed by atoms with E-state index in [-0.39, 0.29) is 11.7 Å². The quantitative estimate of drug-likeness (QED) is 0.668. The van der Waals surface area contributed by atoms with Crippen LogP contribution in [0.15, 0.2) is 29.2 Å². The van der Waals surface area contributed by atoms with E-state index in [0.717, 1.165) is 27.7 Å². The lowest BCUT2D eigenvalue weighted by atomic mass is 10.2. The fraction of sp³-hybridized carbons (Fsp3) is 0.250. The molecule has 1 amide bonds. The van der Waals surface area contributed by atoms with Crippen LogP contribution in [-0.4, -0.2) is 37.8 Å². The highest BCUT2D eigenvalue weighted by Gasteiger charge is 2.27. The van der Waals surface area contributed by atoms with E-state index >= 15 is 0 Å². The Morgan fingerprint density at radius 1 is 1.25 bits per heavy atom. The first-order chi connectivity index (χ1) is 11.5. The van der Waals surface area contributed by atoms with Crippen molar-refractivity contribution in [3.63, 3.8) is 0 Å². The normalized spacial score (nSPS) is 14.0. The van der Waals surface area contributed by atoms with Crippen LogP contribution in [0.5, 0.6) is 0 Å². The van der Waals surface area contributed by atoms with E-state index in [2.05, 4.69) is 15.1 Å². The minimum Gasteiger partial charge on any atom is -0.304 e. The van der Waals surface area contributed by atoms with Crippen molar-refractivity contribution in [2.24, 2.45) is 0 Å². The number of anilines is 1. The van der Waals surface area contributed by atoms with Crippen molar-refractivity contribution >= 4 is 40.7 Å². The highest BCUT2D eigenvalue weighted by atomic mass is 35.5. The minimum absolute atomic E-state index is 0.147. The van der Waals surface area contributed by atoms with Crippen molar-refractivity contribution in [1.82, 2.24) is 19.6 Å². The molecule has 0 fully saturated rings. The Morgan fingerprint density at radius 2 is 2.08 bits per heavy atom. The molecule has 8 heteroatoms. The van der Waals surface area contributed by atoms with E-state index in [1.807, 2.05) is 38.1 Å². The number of halogens is 1. The predicted octanol–water partition coefficient (Wildman–Crippen LogP) is 3.15. The molecule has 3 heterocycles. The molecule has 0 aliphatic carbocycles. The fourth-order valence-electron chi connectivity index (χ4n) is 2.78. The van der Waals surface area contributed by atoms with Crippen LogP contribution in [0.2, 0.25) is 5.02 Å². The van der Waals surface area contributed by atoms with Gasteiger partial charge in [0.25, 0.3) is 11.7 Å². The van der Waals surface area contributed by atoms with Gasteiger partial charge < -0.3 is 4.90 Å². The summed E-state index contributed by atoms with van der Waals surface area (Å²) in [4.78, 5) is 24.3. The number of aryl methyl sites for hydroxylation is 2. The Balaban J connectivity index is 1.78. The first-order valence-electron chi connectivity index (χ1n) is 7.48. The molecule has 0 spiro atoms. The van der Waals surface area contributed by atoms with E-state index in [1.165, 1.54) is 0 Å². The van der Waals surface area contributed by atoms with Crippen molar-refractivity contribution in [2.45, 2.75) is 18.7 Å². The number of fused-ring (bicyclic) bond motifs is 2. The van der Waals surface area contributed by atoms with Gasteiger partial charge in [0, 0.05) is 33.6 Å². The lowest BCUT2D eigenvalue weighted by Gasteiger charge is -2.28. The van der Waals surface area contributed by atoms with Gasteiger partial charge in [0.2, 0.25) is 5.82 Å². The summed E-state index contributed by atoms with van der Waals surface area (Å²) >= 11 is 7.81. The molecule has 122 valence electrons. The molecule has 0 saturated carbocycles. The maximum Gasteiger partial charge on any atom is 0.298 e. The molecule has 1 aromatic carbocycles. The highest BCUT2D eigenvalue weighted by Crippen LogP contribution is 2.37. The summed E-state index contributed by atoms with van der Waals surface area (Å²) < 4.78 is 1.60. The van der Waals surface area contributed by atoms with Crippen LogP contribution in [0, 0.1) is 13.8 Å². The van der Waals surface area contributed by atoms with Gasteiger partial charge in [0.15, 0.2) is 0 Å². The topological polar surface area (TPSA) is 63.4 Å². The smallest absolute Gasteiger partial charge is 0.298 e. The molecule has 2 aromatic heterocycles. The summed E-state index contributed by atoms with van der Waals surface area (Å²) in [6, 6.07) is 7.49. The summed E-state index contributed by atoms with van der Waals surface area (Å²) in [7, 11) is 0. The first-order valence-corrected chi connectivity index (χ1v) is 8.84. The molecular formula is C16H14ClN5OS. The summed E-state index contributed by atoms with van der Waals surface area (Å²) in [6.07, 6.45) is 0. The SMILES string of the molecule is Cc1cc(C)n2nc(C(=O)N3CCSc4ccc(Cl)cc43)nc2n1. The van der Waals surface area contributed by atoms with Crippen molar-refractivity contribution in [2.75, 3.05) is 17.2 Å². The zero-order valence-electron chi connectivity index (χ0n) is 13.2. The molecule has 6 nitrogen and oxygen atoms in total. The van der Waals surface area contributed by atoms with Crippen LogP contribution in [0.1, 0.15) is 22.0 Å². The Bertz CT molecular complexity index is 971. The van der Waals surface area contributed by atoms with Crippen LogP contribution in [0.25, 0.3) is 5.78 Å². The maximum absolute atomic E-state index is 12.9.